The zero-order valence-corrected chi connectivity index (χ0v) is 12.8. The fourth-order valence-electron chi connectivity index (χ4n) is 2.16. The molecule has 0 unspecified atom stereocenters. The summed E-state index contributed by atoms with van der Waals surface area (Å²) in [6.07, 6.45) is 0. The van der Waals surface area contributed by atoms with Crippen molar-refractivity contribution in [3.8, 4) is 5.75 Å². The first-order chi connectivity index (χ1) is 10.6. The molecule has 0 spiro atoms. The molecule has 4 heteroatoms. The SMILES string of the molecule is CC(C)c1ccccc1OCCNC(=O)c1ccccc1F. The Labute approximate surface area is 130 Å². The number of hydrogen-bond acceptors (Lipinski definition) is 2. The number of halogens is 1. The van der Waals surface area contributed by atoms with Crippen molar-refractivity contribution in [2.45, 2.75) is 19.8 Å². The van der Waals surface area contributed by atoms with E-state index in [0.717, 1.165) is 11.3 Å². The first kappa shape index (κ1) is 16.0. The third-order valence-electron chi connectivity index (χ3n) is 3.30. The molecule has 0 saturated heterocycles. The third-order valence-corrected chi connectivity index (χ3v) is 3.30. The number of carbonyl (C=O) groups excluding carboxylic acids is 1. The van der Waals surface area contributed by atoms with E-state index in [4.69, 9.17) is 4.74 Å². The van der Waals surface area contributed by atoms with Crippen LogP contribution in [0.2, 0.25) is 0 Å². The van der Waals surface area contributed by atoms with Gasteiger partial charge in [0.2, 0.25) is 0 Å². The van der Waals surface area contributed by atoms with Gasteiger partial charge in [-0.05, 0) is 29.7 Å². The fourth-order valence-corrected chi connectivity index (χ4v) is 2.16. The molecule has 0 aliphatic carbocycles. The summed E-state index contributed by atoms with van der Waals surface area (Å²) in [5, 5.41) is 2.65. The van der Waals surface area contributed by atoms with Gasteiger partial charge in [0, 0.05) is 0 Å². The van der Waals surface area contributed by atoms with E-state index in [0.29, 0.717) is 19.1 Å². The highest BCUT2D eigenvalue weighted by Gasteiger charge is 2.10. The molecule has 2 aromatic rings. The van der Waals surface area contributed by atoms with Gasteiger partial charge >= 0.3 is 0 Å². The largest absolute Gasteiger partial charge is 0.491 e. The summed E-state index contributed by atoms with van der Waals surface area (Å²) < 4.78 is 19.2. The zero-order chi connectivity index (χ0) is 15.9. The van der Waals surface area contributed by atoms with Crippen molar-refractivity contribution in [1.29, 1.82) is 0 Å². The maximum Gasteiger partial charge on any atom is 0.254 e. The van der Waals surface area contributed by atoms with E-state index in [1.807, 2.05) is 24.3 Å². The highest BCUT2D eigenvalue weighted by molar-refractivity contribution is 5.94. The number of amides is 1. The van der Waals surface area contributed by atoms with E-state index in [1.165, 1.54) is 12.1 Å². The van der Waals surface area contributed by atoms with Crippen LogP contribution in [-0.2, 0) is 0 Å². The van der Waals surface area contributed by atoms with Gasteiger partial charge in [0.15, 0.2) is 0 Å². The second-order valence-corrected chi connectivity index (χ2v) is 5.28. The van der Waals surface area contributed by atoms with Crippen molar-refractivity contribution < 1.29 is 13.9 Å². The maximum absolute atomic E-state index is 13.5. The molecule has 0 atom stereocenters. The predicted octanol–water partition coefficient (Wildman–Crippen LogP) is 3.76. The van der Waals surface area contributed by atoms with Crippen LogP contribution >= 0.6 is 0 Å². The Hall–Kier alpha value is -2.36. The van der Waals surface area contributed by atoms with E-state index in [9.17, 15) is 9.18 Å². The number of benzene rings is 2. The normalized spacial score (nSPS) is 10.5. The average molecular weight is 301 g/mol. The average Bonchev–Trinajstić information content (AvgIpc) is 2.52. The zero-order valence-electron chi connectivity index (χ0n) is 12.8. The molecule has 1 N–H and O–H groups in total. The van der Waals surface area contributed by atoms with Gasteiger partial charge in [0.25, 0.3) is 5.91 Å². The molecule has 0 bridgehead atoms. The van der Waals surface area contributed by atoms with Crippen LogP contribution in [0, 0.1) is 5.82 Å². The van der Waals surface area contributed by atoms with Gasteiger partial charge in [0.1, 0.15) is 18.2 Å². The van der Waals surface area contributed by atoms with E-state index in [2.05, 4.69) is 19.2 Å². The lowest BCUT2D eigenvalue weighted by atomic mass is 10.0. The Bertz CT molecular complexity index is 640. The Morgan fingerprint density at radius 3 is 2.55 bits per heavy atom. The lowest BCUT2D eigenvalue weighted by Gasteiger charge is -2.14. The molecule has 0 aliphatic heterocycles. The lowest BCUT2D eigenvalue weighted by molar-refractivity contribution is 0.0943. The summed E-state index contributed by atoms with van der Waals surface area (Å²) in [7, 11) is 0. The summed E-state index contributed by atoms with van der Waals surface area (Å²) in [5.74, 6) is 0.228. The van der Waals surface area contributed by atoms with E-state index in [1.54, 1.807) is 12.1 Å². The number of rotatable bonds is 6. The van der Waals surface area contributed by atoms with Crippen molar-refractivity contribution in [2.24, 2.45) is 0 Å². The topological polar surface area (TPSA) is 38.3 Å². The number of ether oxygens (including phenoxy) is 1. The van der Waals surface area contributed by atoms with Gasteiger partial charge in [-0.3, -0.25) is 4.79 Å². The van der Waals surface area contributed by atoms with Crippen LogP contribution in [0.25, 0.3) is 0 Å². The third kappa shape index (κ3) is 4.07. The minimum Gasteiger partial charge on any atom is -0.491 e. The maximum atomic E-state index is 13.5. The molecule has 3 nitrogen and oxygen atoms in total. The van der Waals surface area contributed by atoms with Crippen LogP contribution in [0.15, 0.2) is 48.5 Å². The molecule has 0 heterocycles. The highest BCUT2D eigenvalue weighted by Crippen LogP contribution is 2.25. The number of hydrogen-bond donors (Lipinski definition) is 1. The van der Waals surface area contributed by atoms with Crippen LogP contribution in [-0.4, -0.2) is 19.1 Å². The minimum atomic E-state index is -0.522. The summed E-state index contributed by atoms with van der Waals surface area (Å²) in [6.45, 7) is 4.85. The number of carbonyl (C=O) groups is 1. The van der Waals surface area contributed by atoms with E-state index in [-0.39, 0.29) is 5.56 Å². The first-order valence-corrected chi connectivity index (χ1v) is 7.34. The molecule has 0 aliphatic rings. The molecule has 116 valence electrons. The molecule has 2 rings (SSSR count). The van der Waals surface area contributed by atoms with Gasteiger partial charge in [0.05, 0.1) is 12.1 Å². The van der Waals surface area contributed by atoms with Gasteiger partial charge in [-0.1, -0.05) is 44.2 Å². The Morgan fingerprint density at radius 1 is 1.14 bits per heavy atom. The monoisotopic (exact) mass is 301 g/mol. The lowest BCUT2D eigenvalue weighted by Crippen LogP contribution is -2.28. The van der Waals surface area contributed by atoms with Crippen LogP contribution in [0.4, 0.5) is 4.39 Å². The standard InChI is InChI=1S/C18H20FNO2/c1-13(2)14-7-4-6-10-17(14)22-12-11-20-18(21)15-8-3-5-9-16(15)19/h3-10,13H,11-12H2,1-2H3,(H,20,21). The molecule has 0 fully saturated rings. The Morgan fingerprint density at radius 2 is 1.82 bits per heavy atom. The first-order valence-electron chi connectivity index (χ1n) is 7.34. The predicted molar refractivity (Wildman–Crippen MR) is 84.8 cm³/mol. The van der Waals surface area contributed by atoms with Crippen LogP contribution in [0.3, 0.4) is 0 Å². The Kier molecular flexibility index (Phi) is 5.53. The van der Waals surface area contributed by atoms with Crippen molar-refractivity contribution in [3.05, 3.63) is 65.5 Å². The molecule has 0 saturated carbocycles. The van der Waals surface area contributed by atoms with Crippen molar-refractivity contribution >= 4 is 5.91 Å². The summed E-state index contributed by atoms with van der Waals surface area (Å²) in [5.41, 5.74) is 1.17. The van der Waals surface area contributed by atoms with Crippen LogP contribution < -0.4 is 10.1 Å². The van der Waals surface area contributed by atoms with Crippen molar-refractivity contribution in [3.63, 3.8) is 0 Å². The number of nitrogens with one attached hydrogen (secondary N) is 1. The molecule has 2 aromatic carbocycles. The quantitative estimate of drug-likeness (QED) is 0.825. The van der Waals surface area contributed by atoms with Gasteiger partial charge in [-0.25, -0.2) is 4.39 Å². The van der Waals surface area contributed by atoms with Crippen LogP contribution in [0.5, 0.6) is 5.75 Å². The summed E-state index contributed by atoms with van der Waals surface area (Å²) in [6, 6.07) is 13.7. The summed E-state index contributed by atoms with van der Waals surface area (Å²) in [4.78, 5) is 11.8. The molecule has 1 amide bonds. The Balaban J connectivity index is 1.85. The molecule has 22 heavy (non-hydrogen) atoms. The van der Waals surface area contributed by atoms with Crippen LogP contribution in [0.1, 0.15) is 35.7 Å². The van der Waals surface area contributed by atoms with Gasteiger partial charge < -0.3 is 10.1 Å². The minimum absolute atomic E-state index is 0.0464. The summed E-state index contributed by atoms with van der Waals surface area (Å²) >= 11 is 0. The van der Waals surface area contributed by atoms with Gasteiger partial charge in [-0.15, -0.1) is 0 Å². The second-order valence-electron chi connectivity index (χ2n) is 5.28. The molecule has 0 radical (unpaired) electrons. The molecule has 0 aromatic heterocycles. The van der Waals surface area contributed by atoms with Crippen molar-refractivity contribution in [1.82, 2.24) is 5.32 Å². The van der Waals surface area contributed by atoms with E-state index >= 15 is 0 Å². The highest BCUT2D eigenvalue weighted by atomic mass is 19.1. The van der Waals surface area contributed by atoms with Crippen molar-refractivity contribution in [2.75, 3.05) is 13.2 Å². The number of para-hydroxylation sites is 1. The second kappa shape index (κ2) is 7.59. The molecular weight excluding hydrogens is 281 g/mol. The molecular formula is C18H20FNO2. The van der Waals surface area contributed by atoms with E-state index < -0.39 is 11.7 Å². The smallest absolute Gasteiger partial charge is 0.254 e. The van der Waals surface area contributed by atoms with Gasteiger partial charge in [-0.2, -0.15) is 0 Å². The fraction of sp³-hybridized carbons (Fsp3) is 0.278.